The number of aryl methyl sites for hydroxylation is 1. The highest BCUT2D eigenvalue weighted by molar-refractivity contribution is 6.32. The van der Waals surface area contributed by atoms with Crippen molar-refractivity contribution in [3.63, 3.8) is 0 Å². The highest BCUT2D eigenvalue weighted by atomic mass is 35.5. The summed E-state index contributed by atoms with van der Waals surface area (Å²) >= 11 is 6.05. The molecule has 2 aromatic carbocycles. The van der Waals surface area contributed by atoms with Crippen LogP contribution >= 0.6 is 11.6 Å². The van der Waals surface area contributed by atoms with Crippen molar-refractivity contribution < 1.29 is 14.3 Å². The fraction of sp³-hybridized carbons (Fsp3) is 0.350. The molecule has 0 heterocycles. The van der Waals surface area contributed by atoms with Gasteiger partial charge in [-0.05, 0) is 61.1 Å². The maximum absolute atomic E-state index is 12.0. The number of rotatable bonds is 6. The summed E-state index contributed by atoms with van der Waals surface area (Å²) in [5.74, 6) is 1.50. The third-order valence-corrected chi connectivity index (χ3v) is 4.70. The van der Waals surface area contributed by atoms with E-state index in [1.54, 1.807) is 25.3 Å². The number of urea groups is 1. The van der Waals surface area contributed by atoms with E-state index in [1.807, 2.05) is 12.1 Å². The van der Waals surface area contributed by atoms with Crippen LogP contribution in [0.3, 0.4) is 0 Å². The lowest BCUT2D eigenvalue weighted by Crippen LogP contribution is -2.32. The zero-order chi connectivity index (χ0) is 18.4. The Morgan fingerprint density at radius 1 is 1.15 bits per heavy atom. The largest absolute Gasteiger partial charge is 0.495 e. The second-order valence-electron chi connectivity index (χ2n) is 6.18. The van der Waals surface area contributed by atoms with E-state index in [2.05, 4.69) is 16.7 Å². The smallest absolute Gasteiger partial charge is 0.319 e. The van der Waals surface area contributed by atoms with Gasteiger partial charge in [-0.15, -0.1) is 0 Å². The maximum atomic E-state index is 12.0. The van der Waals surface area contributed by atoms with Crippen LogP contribution in [0.25, 0.3) is 0 Å². The van der Waals surface area contributed by atoms with Gasteiger partial charge in [0.05, 0.1) is 18.7 Å². The maximum Gasteiger partial charge on any atom is 0.319 e. The lowest BCUT2D eigenvalue weighted by molar-refractivity contribution is 0.247. The zero-order valence-corrected chi connectivity index (χ0v) is 15.6. The highest BCUT2D eigenvalue weighted by Gasteiger charge is 2.13. The number of anilines is 1. The first-order valence-corrected chi connectivity index (χ1v) is 9.17. The number of ether oxygens (including phenoxy) is 2. The molecule has 0 spiro atoms. The van der Waals surface area contributed by atoms with Gasteiger partial charge in [-0.25, -0.2) is 4.79 Å². The number of hydrogen-bond acceptors (Lipinski definition) is 3. The molecule has 0 unspecified atom stereocenters. The molecule has 138 valence electrons. The Morgan fingerprint density at radius 3 is 2.81 bits per heavy atom. The van der Waals surface area contributed by atoms with Crippen molar-refractivity contribution in [2.45, 2.75) is 25.7 Å². The Labute approximate surface area is 158 Å². The van der Waals surface area contributed by atoms with E-state index >= 15 is 0 Å². The van der Waals surface area contributed by atoms with E-state index in [-0.39, 0.29) is 6.03 Å². The molecule has 2 aromatic rings. The van der Waals surface area contributed by atoms with E-state index in [9.17, 15) is 4.79 Å². The molecule has 26 heavy (non-hydrogen) atoms. The molecule has 5 nitrogen and oxygen atoms in total. The normalized spacial score (nSPS) is 12.8. The monoisotopic (exact) mass is 374 g/mol. The van der Waals surface area contributed by atoms with Gasteiger partial charge in [-0.3, -0.25) is 0 Å². The second kappa shape index (κ2) is 8.81. The Hall–Kier alpha value is -2.40. The fourth-order valence-corrected chi connectivity index (χ4v) is 3.38. The quantitative estimate of drug-likeness (QED) is 0.735. The fourth-order valence-electron chi connectivity index (χ4n) is 3.13. The standard InChI is InChI=1S/C20H23ClN2O3/c1-25-19-10-9-15(13-17(19)21)23-20(24)22-11-12-26-18-8-4-6-14-5-2-3-7-16(14)18/h4,6,8-10,13H,2-3,5,7,11-12H2,1H3,(H2,22,23,24). The van der Waals surface area contributed by atoms with Crippen molar-refractivity contribution >= 4 is 23.3 Å². The van der Waals surface area contributed by atoms with Crippen LogP contribution in [0.4, 0.5) is 10.5 Å². The summed E-state index contributed by atoms with van der Waals surface area (Å²) in [6.45, 7) is 0.840. The van der Waals surface area contributed by atoms with Gasteiger partial charge >= 0.3 is 6.03 Å². The summed E-state index contributed by atoms with van der Waals surface area (Å²) in [7, 11) is 1.55. The van der Waals surface area contributed by atoms with Gasteiger partial charge in [0.15, 0.2) is 0 Å². The van der Waals surface area contributed by atoms with Gasteiger partial charge in [0, 0.05) is 5.69 Å². The van der Waals surface area contributed by atoms with Gasteiger partial charge in [0.2, 0.25) is 0 Å². The highest BCUT2D eigenvalue weighted by Crippen LogP contribution is 2.29. The number of nitrogens with one attached hydrogen (secondary N) is 2. The number of methoxy groups -OCH3 is 1. The van der Waals surface area contributed by atoms with Crippen molar-refractivity contribution in [2.24, 2.45) is 0 Å². The van der Waals surface area contributed by atoms with Crippen molar-refractivity contribution in [1.82, 2.24) is 5.32 Å². The van der Waals surface area contributed by atoms with Gasteiger partial charge < -0.3 is 20.1 Å². The average molecular weight is 375 g/mol. The van der Waals surface area contributed by atoms with E-state index in [0.717, 1.165) is 18.6 Å². The topological polar surface area (TPSA) is 59.6 Å². The third kappa shape index (κ3) is 4.61. The number of benzene rings is 2. The van der Waals surface area contributed by atoms with Gasteiger partial charge in [0.25, 0.3) is 0 Å². The second-order valence-corrected chi connectivity index (χ2v) is 6.59. The van der Waals surface area contributed by atoms with Crippen molar-refractivity contribution in [3.8, 4) is 11.5 Å². The number of carbonyl (C=O) groups excluding carboxylic acids is 1. The molecule has 0 aromatic heterocycles. The van der Waals surface area contributed by atoms with Crippen molar-refractivity contribution in [3.05, 3.63) is 52.5 Å². The Balaban J connectivity index is 1.45. The predicted molar refractivity (Wildman–Crippen MR) is 104 cm³/mol. The number of carbonyl (C=O) groups is 1. The first kappa shape index (κ1) is 18.4. The van der Waals surface area contributed by atoms with Crippen LogP contribution in [-0.2, 0) is 12.8 Å². The van der Waals surface area contributed by atoms with Crippen LogP contribution in [0.1, 0.15) is 24.0 Å². The zero-order valence-electron chi connectivity index (χ0n) is 14.8. The molecule has 3 rings (SSSR count). The number of fused-ring (bicyclic) bond motifs is 1. The van der Waals surface area contributed by atoms with Gasteiger partial charge in [-0.2, -0.15) is 0 Å². The van der Waals surface area contributed by atoms with E-state index < -0.39 is 0 Å². The van der Waals surface area contributed by atoms with Crippen molar-refractivity contribution in [2.75, 3.05) is 25.6 Å². The lowest BCUT2D eigenvalue weighted by atomic mass is 9.91. The van der Waals surface area contributed by atoms with Crippen molar-refractivity contribution in [1.29, 1.82) is 0 Å². The summed E-state index contributed by atoms with van der Waals surface area (Å²) in [6.07, 6.45) is 4.64. The molecule has 0 atom stereocenters. The first-order chi connectivity index (χ1) is 12.7. The van der Waals surface area contributed by atoms with Gasteiger partial charge in [-0.1, -0.05) is 23.7 Å². The number of hydrogen-bond donors (Lipinski definition) is 2. The average Bonchev–Trinajstić information content (AvgIpc) is 2.65. The summed E-state index contributed by atoms with van der Waals surface area (Å²) in [6, 6.07) is 11.0. The minimum atomic E-state index is -0.301. The minimum Gasteiger partial charge on any atom is -0.495 e. The van der Waals surface area contributed by atoms with Crippen LogP contribution < -0.4 is 20.1 Å². The Kier molecular flexibility index (Phi) is 6.23. The van der Waals surface area contributed by atoms with E-state index in [0.29, 0.717) is 29.6 Å². The van der Waals surface area contributed by atoms with Crippen LogP contribution in [0, 0.1) is 0 Å². The molecule has 6 heteroatoms. The molecular formula is C20H23ClN2O3. The minimum absolute atomic E-state index is 0.301. The molecule has 0 saturated heterocycles. The first-order valence-electron chi connectivity index (χ1n) is 8.79. The van der Waals surface area contributed by atoms with E-state index in [1.165, 1.54) is 24.0 Å². The van der Waals surface area contributed by atoms with Crippen LogP contribution in [-0.4, -0.2) is 26.3 Å². The molecule has 0 fully saturated rings. The lowest BCUT2D eigenvalue weighted by Gasteiger charge is -2.19. The van der Waals surface area contributed by atoms with Crippen LogP contribution in [0.15, 0.2) is 36.4 Å². The summed E-state index contributed by atoms with van der Waals surface area (Å²) < 4.78 is 11.0. The molecule has 0 bridgehead atoms. The molecule has 2 N–H and O–H groups in total. The summed E-state index contributed by atoms with van der Waals surface area (Å²) in [4.78, 5) is 12.0. The Morgan fingerprint density at radius 2 is 2.00 bits per heavy atom. The molecule has 0 saturated carbocycles. The molecule has 1 aliphatic carbocycles. The van der Waals surface area contributed by atoms with Gasteiger partial charge in [0.1, 0.15) is 18.1 Å². The molecular weight excluding hydrogens is 352 g/mol. The SMILES string of the molecule is COc1ccc(NC(=O)NCCOc2cccc3c2CCCC3)cc1Cl. The summed E-state index contributed by atoms with van der Waals surface area (Å²) in [5, 5.41) is 5.96. The van der Waals surface area contributed by atoms with Crippen LogP contribution in [0.5, 0.6) is 11.5 Å². The predicted octanol–water partition coefficient (Wildman–Crippen LogP) is 4.43. The molecule has 0 aliphatic heterocycles. The van der Waals surface area contributed by atoms with E-state index in [4.69, 9.17) is 21.1 Å². The summed E-state index contributed by atoms with van der Waals surface area (Å²) in [5.41, 5.74) is 3.30. The number of halogens is 1. The molecule has 0 radical (unpaired) electrons. The third-order valence-electron chi connectivity index (χ3n) is 4.41. The van der Waals surface area contributed by atoms with Crippen LogP contribution in [0.2, 0.25) is 5.02 Å². The molecule has 1 aliphatic rings. The number of amides is 2. The Bertz CT molecular complexity index is 780. The molecule has 2 amide bonds.